The van der Waals surface area contributed by atoms with Crippen molar-refractivity contribution >= 4 is 21.4 Å². The van der Waals surface area contributed by atoms with Crippen LogP contribution >= 0.6 is 11.3 Å². The Hall–Kier alpha value is -1.68. The lowest BCUT2D eigenvalue weighted by Gasteiger charge is -2.18. The molecule has 1 aromatic heterocycles. The number of benzene rings is 1. The Morgan fingerprint density at radius 1 is 1.05 bits per heavy atom. The van der Waals surface area contributed by atoms with Gasteiger partial charge in [0.15, 0.2) is 0 Å². The second kappa shape index (κ2) is 5.60. The van der Waals surface area contributed by atoms with Gasteiger partial charge in [-0.05, 0) is 36.1 Å². The number of hydrogen-bond donors (Lipinski definition) is 0. The van der Waals surface area contributed by atoms with Crippen molar-refractivity contribution in [2.75, 3.05) is 13.1 Å². The Labute approximate surface area is 128 Å². The molecule has 6 heteroatoms. The fraction of sp³-hybridized carbons (Fsp3) is 0.267. The Bertz CT molecular complexity index is 776. The lowest BCUT2D eigenvalue weighted by Crippen LogP contribution is -2.32. The van der Waals surface area contributed by atoms with Crippen molar-refractivity contribution in [3.8, 4) is 6.07 Å². The van der Waals surface area contributed by atoms with Crippen LogP contribution in [0.15, 0.2) is 40.6 Å². The van der Waals surface area contributed by atoms with Gasteiger partial charge >= 0.3 is 0 Å². The third-order valence-corrected chi connectivity index (χ3v) is 7.02. The summed E-state index contributed by atoms with van der Waals surface area (Å²) in [4.78, 5) is 0.423. The normalized spacial score (nSPS) is 16.0. The molecule has 0 N–H and O–H groups in total. The summed E-state index contributed by atoms with van der Waals surface area (Å²) >= 11 is 1.03. The van der Waals surface area contributed by atoms with Crippen LogP contribution < -0.4 is 0 Å². The number of nitriles is 1. The van der Waals surface area contributed by atoms with Gasteiger partial charge in [0.1, 0.15) is 15.2 Å². The number of fused-ring (bicyclic) bond motifs is 1. The number of rotatable bonds is 2. The summed E-state index contributed by atoms with van der Waals surface area (Å²) in [5, 5.41) is 8.84. The number of sulfonamides is 1. The topological polar surface area (TPSA) is 61.2 Å². The summed E-state index contributed by atoms with van der Waals surface area (Å²) in [6.07, 6.45) is 1.46. The quantitative estimate of drug-likeness (QED) is 0.854. The first-order valence-corrected chi connectivity index (χ1v) is 8.94. The minimum atomic E-state index is -3.49. The van der Waals surface area contributed by atoms with E-state index in [1.165, 1.54) is 21.5 Å². The maximum Gasteiger partial charge on any atom is 0.252 e. The van der Waals surface area contributed by atoms with Gasteiger partial charge in [-0.25, -0.2) is 8.42 Å². The summed E-state index contributed by atoms with van der Waals surface area (Å²) in [6.45, 7) is 0.971. The van der Waals surface area contributed by atoms with Crippen LogP contribution in [0.2, 0.25) is 0 Å². The molecule has 4 nitrogen and oxygen atoms in total. The molecular weight excluding hydrogens is 304 g/mol. The molecule has 3 rings (SSSR count). The molecule has 0 atom stereocenters. The summed E-state index contributed by atoms with van der Waals surface area (Å²) in [5.41, 5.74) is 2.44. The van der Waals surface area contributed by atoms with Crippen LogP contribution in [0.25, 0.3) is 0 Å². The molecule has 108 valence electrons. The van der Waals surface area contributed by atoms with Gasteiger partial charge in [0, 0.05) is 13.1 Å². The second-order valence-electron chi connectivity index (χ2n) is 4.90. The smallest absolute Gasteiger partial charge is 0.206 e. The van der Waals surface area contributed by atoms with Crippen LogP contribution in [0.1, 0.15) is 16.0 Å². The molecule has 0 amide bonds. The highest BCUT2D eigenvalue weighted by molar-refractivity contribution is 7.91. The van der Waals surface area contributed by atoms with Crippen LogP contribution in [-0.2, 0) is 22.9 Å². The van der Waals surface area contributed by atoms with Crippen molar-refractivity contribution in [3.63, 3.8) is 0 Å². The average molecular weight is 318 g/mol. The molecule has 0 bridgehead atoms. The van der Waals surface area contributed by atoms with Crippen LogP contribution in [0.5, 0.6) is 0 Å². The summed E-state index contributed by atoms with van der Waals surface area (Å²) in [7, 11) is -3.49. The van der Waals surface area contributed by atoms with E-state index in [9.17, 15) is 8.42 Å². The second-order valence-corrected chi connectivity index (χ2v) is 8.15. The minimum Gasteiger partial charge on any atom is -0.206 e. The Morgan fingerprint density at radius 3 is 2.19 bits per heavy atom. The molecule has 0 aliphatic carbocycles. The van der Waals surface area contributed by atoms with Crippen molar-refractivity contribution in [3.05, 3.63) is 52.4 Å². The first-order chi connectivity index (χ1) is 10.1. The molecule has 0 unspecified atom stereocenters. The average Bonchev–Trinajstić information content (AvgIpc) is 2.87. The highest BCUT2D eigenvalue weighted by Gasteiger charge is 2.27. The molecule has 1 aromatic carbocycles. The first-order valence-electron chi connectivity index (χ1n) is 6.68. The van der Waals surface area contributed by atoms with Crippen molar-refractivity contribution in [2.24, 2.45) is 0 Å². The first kappa shape index (κ1) is 14.3. The van der Waals surface area contributed by atoms with Gasteiger partial charge in [-0.3, -0.25) is 0 Å². The fourth-order valence-corrected chi connectivity index (χ4v) is 5.23. The Balaban J connectivity index is 1.87. The zero-order chi connectivity index (χ0) is 14.9. The molecular formula is C15H14N2O2S2. The number of thiophene rings is 1. The third-order valence-electron chi connectivity index (χ3n) is 3.67. The minimum absolute atomic E-state index is 0.255. The fourth-order valence-electron chi connectivity index (χ4n) is 2.53. The van der Waals surface area contributed by atoms with Crippen LogP contribution in [0, 0.1) is 11.3 Å². The van der Waals surface area contributed by atoms with E-state index in [4.69, 9.17) is 5.26 Å². The van der Waals surface area contributed by atoms with Gasteiger partial charge in [-0.2, -0.15) is 9.57 Å². The Morgan fingerprint density at radius 2 is 1.67 bits per heavy atom. The number of hydrogen-bond acceptors (Lipinski definition) is 4. The SMILES string of the molecule is N#Cc1ccc(S(=O)(=O)N2CCc3ccccc3CC2)s1. The molecule has 0 radical (unpaired) electrons. The van der Waals surface area contributed by atoms with E-state index in [1.54, 1.807) is 6.07 Å². The molecule has 0 fully saturated rings. The van der Waals surface area contributed by atoms with Crippen molar-refractivity contribution in [1.82, 2.24) is 4.31 Å². The number of nitrogens with zero attached hydrogens (tertiary/aromatic N) is 2. The standard InChI is InChI=1S/C15H14N2O2S2/c16-11-14-5-6-15(20-14)21(18,19)17-9-7-12-3-1-2-4-13(12)8-10-17/h1-6H,7-10H2. The lowest BCUT2D eigenvalue weighted by atomic mass is 10.0. The molecule has 0 saturated heterocycles. The van der Waals surface area contributed by atoms with Gasteiger partial charge in [0.25, 0.3) is 10.0 Å². The highest BCUT2D eigenvalue weighted by Crippen LogP contribution is 2.26. The largest absolute Gasteiger partial charge is 0.252 e. The predicted octanol–water partition coefficient (Wildman–Crippen LogP) is 2.41. The maximum absolute atomic E-state index is 12.6. The van der Waals surface area contributed by atoms with E-state index in [0.717, 1.165) is 24.2 Å². The van der Waals surface area contributed by atoms with Gasteiger partial charge in [0.05, 0.1) is 0 Å². The van der Waals surface area contributed by atoms with Crippen LogP contribution in [0.3, 0.4) is 0 Å². The van der Waals surface area contributed by atoms with Crippen LogP contribution in [-0.4, -0.2) is 25.8 Å². The van der Waals surface area contributed by atoms with E-state index in [-0.39, 0.29) is 4.21 Å². The van der Waals surface area contributed by atoms with Crippen molar-refractivity contribution in [2.45, 2.75) is 17.1 Å². The molecule has 0 saturated carbocycles. The molecule has 1 aliphatic heterocycles. The third kappa shape index (κ3) is 2.72. The molecule has 0 spiro atoms. The van der Waals surface area contributed by atoms with E-state index in [2.05, 4.69) is 12.1 Å². The molecule has 1 aliphatic rings. The zero-order valence-corrected chi connectivity index (χ0v) is 13.0. The van der Waals surface area contributed by atoms with Gasteiger partial charge < -0.3 is 0 Å². The van der Waals surface area contributed by atoms with Crippen molar-refractivity contribution < 1.29 is 8.42 Å². The molecule has 2 aromatic rings. The monoisotopic (exact) mass is 318 g/mol. The lowest BCUT2D eigenvalue weighted by molar-refractivity contribution is 0.428. The zero-order valence-electron chi connectivity index (χ0n) is 11.3. The maximum atomic E-state index is 12.6. The Kier molecular flexibility index (Phi) is 3.81. The summed E-state index contributed by atoms with van der Waals surface area (Å²) in [5.74, 6) is 0. The molecule has 21 heavy (non-hydrogen) atoms. The summed E-state index contributed by atoms with van der Waals surface area (Å²) < 4.78 is 27.1. The predicted molar refractivity (Wildman–Crippen MR) is 81.6 cm³/mol. The van der Waals surface area contributed by atoms with Gasteiger partial charge in [-0.15, -0.1) is 11.3 Å². The van der Waals surface area contributed by atoms with E-state index < -0.39 is 10.0 Å². The van der Waals surface area contributed by atoms with Gasteiger partial charge in [-0.1, -0.05) is 24.3 Å². The van der Waals surface area contributed by atoms with E-state index >= 15 is 0 Å². The molecule has 2 heterocycles. The highest BCUT2D eigenvalue weighted by atomic mass is 32.2. The summed E-state index contributed by atoms with van der Waals surface area (Å²) in [6, 6.07) is 13.2. The van der Waals surface area contributed by atoms with Crippen molar-refractivity contribution in [1.29, 1.82) is 5.26 Å². The van der Waals surface area contributed by atoms with Gasteiger partial charge in [0.2, 0.25) is 0 Å². The van der Waals surface area contributed by atoms with Crippen LogP contribution in [0.4, 0.5) is 0 Å². The van der Waals surface area contributed by atoms with E-state index in [0.29, 0.717) is 18.0 Å². The van der Waals surface area contributed by atoms with E-state index in [1.807, 2.05) is 18.2 Å².